The van der Waals surface area contributed by atoms with E-state index < -0.39 is 0 Å². The molecule has 0 radical (unpaired) electrons. The van der Waals surface area contributed by atoms with Gasteiger partial charge in [0.1, 0.15) is 5.69 Å². The predicted molar refractivity (Wildman–Crippen MR) is 67.8 cm³/mol. The number of hydrogen-bond acceptors (Lipinski definition) is 2. The summed E-state index contributed by atoms with van der Waals surface area (Å²) in [5.74, 6) is 1.81. The highest BCUT2D eigenvalue weighted by atomic mass is 32.2. The minimum absolute atomic E-state index is 0.135. The number of aromatic nitrogens is 1. The van der Waals surface area contributed by atoms with E-state index in [0.717, 1.165) is 18.8 Å². The summed E-state index contributed by atoms with van der Waals surface area (Å²) in [6, 6.07) is 3.71. The fraction of sp³-hybridized carbons (Fsp3) is 0.583. The van der Waals surface area contributed by atoms with Crippen LogP contribution >= 0.6 is 11.8 Å². The molecular weight excluding hydrogens is 220 g/mol. The first-order valence-corrected chi connectivity index (χ1v) is 6.77. The molecule has 3 nitrogen and oxygen atoms in total. The predicted octanol–water partition coefficient (Wildman–Crippen LogP) is 2.23. The summed E-state index contributed by atoms with van der Waals surface area (Å²) in [6.45, 7) is 6.19. The summed E-state index contributed by atoms with van der Waals surface area (Å²) in [6.07, 6.45) is 1.80. The SMILES string of the molecule is CC(C)[C@@H]1CN(C(=O)c2ccc[nH]2)CCS1. The van der Waals surface area contributed by atoms with Gasteiger partial charge in [-0.1, -0.05) is 13.8 Å². The van der Waals surface area contributed by atoms with E-state index in [-0.39, 0.29) is 5.91 Å². The van der Waals surface area contributed by atoms with E-state index in [4.69, 9.17) is 0 Å². The molecule has 0 aromatic carbocycles. The van der Waals surface area contributed by atoms with Gasteiger partial charge < -0.3 is 9.88 Å². The van der Waals surface area contributed by atoms with Crippen LogP contribution in [0.3, 0.4) is 0 Å². The number of H-pyrrole nitrogens is 1. The number of carbonyl (C=O) groups is 1. The van der Waals surface area contributed by atoms with Crippen LogP contribution in [0.2, 0.25) is 0 Å². The fourth-order valence-corrected chi connectivity index (χ4v) is 3.20. The van der Waals surface area contributed by atoms with E-state index in [9.17, 15) is 4.79 Å². The standard InChI is InChI=1S/C12H18N2OS/c1-9(2)11-8-14(6-7-16-11)12(15)10-4-3-5-13-10/h3-5,9,11,13H,6-8H2,1-2H3/t11-/m0/s1. The zero-order valence-electron chi connectivity index (χ0n) is 9.77. The smallest absolute Gasteiger partial charge is 0.270 e. The van der Waals surface area contributed by atoms with Crippen molar-refractivity contribution in [1.82, 2.24) is 9.88 Å². The van der Waals surface area contributed by atoms with Gasteiger partial charge in [0.05, 0.1) is 0 Å². The highest BCUT2D eigenvalue weighted by molar-refractivity contribution is 8.00. The van der Waals surface area contributed by atoms with Gasteiger partial charge in [-0.15, -0.1) is 0 Å². The van der Waals surface area contributed by atoms with E-state index in [0.29, 0.717) is 16.9 Å². The van der Waals surface area contributed by atoms with Gasteiger partial charge in [0.2, 0.25) is 0 Å². The molecular formula is C12H18N2OS. The Bertz CT molecular complexity index is 348. The molecule has 1 amide bonds. The van der Waals surface area contributed by atoms with Gasteiger partial charge in [-0.05, 0) is 18.1 Å². The maximum Gasteiger partial charge on any atom is 0.270 e. The van der Waals surface area contributed by atoms with Crippen molar-refractivity contribution < 1.29 is 4.79 Å². The topological polar surface area (TPSA) is 36.1 Å². The third-order valence-corrected chi connectivity index (χ3v) is 4.49. The van der Waals surface area contributed by atoms with E-state index in [2.05, 4.69) is 18.8 Å². The molecule has 2 heterocycles. The quantitative estimate of drug-likeness (QED) is 0.857. The lowest BCUT2D eigenvalue weighted by molar-refractivity contribution is 0.0751. The Morgan fingerprint density at radius 2 is 2.44 bits per heavy atom. The average molecular weight is 238 g/mol. The summed E-state index contributed by atoms with van der Waals surface area (Å²) >= 11 is 1.99. The van der Waals surface area contributed by atoms with E-state index in [1.807, 2.05) is 28.8 Å². The van der Waals surface area contributed by atoms with E-state index >= 15 is 0 Å². The number of amides is 1. The Balaban J connectivity index is 2.02. The lowest BCUT2D eigenvalue weighted by atomic mass is 10.1. The molecule has 0 spiro atoms. The van der Waals surface area contributed by atoms with Crippen molar-refractivity contribution in [3.8, 4) is 0 Å². The lowest BCUT2D eigenvalue weighted by Crippen LogP contribution is -2.43. The van der Waals surface area contributed by atoms with Crippen LogP contribution in [0.5, 0.6) is 0 Å². The van der Waals surface area contributed by atoms with Gasteiger partial charge in [0.15, 0.2) is 0 Å². The second-order valence-corrected chi connectivity index (χ2v) is 5.84. The van der Waals surface area contributed by atoms with Crippen molar-refractivity contribution in [3.05, 3.63) is 24.0 Å². The largest absolute Gasteiger partial charge is 0.357 e. The number of nitrogens with zero attached hydrogens (tertiary/aromatic N) is 1. The molecule has 88 valence electrons. The van der Waals surface area contributed by atoms with Gasteiger partial charge >= 0.3 is 0 Å². The monoisotopic (exact) mass is 238 g/mol. The lowest BCUT2D eigenvalue weighted by Gasteiger charge is -2.34. The summed E-state index contributed by atoms with van der Waals surface area (Å²) in [5.41, 5.74) is 0.703. The Morgan fingerprint density at radius 1 is 1.62 bits per heavy atom. The maximum absolute atomic E-state index is 12.1. The summed E-state index contributed by atoms with van der Waals surface area (Å²) in [4.78, 5) is 17.1. The molecule has 0 bridgehead atoms. The number of nitrogens with one attached hydrogen (secondary N) is 1. The second kappa shape index (κ2) is 4.95. The van der Waals surface area contributed by atoms with Crippen molar-refractivity contribution in [1.29, 1.82) is 0 Å². The number of thioether (sulfide) groups is 1. The molecule has 2 rings (SSSR count). The molecule has 1 fully saturated rings. The Morgan fingerprint density at radius 3 is 3.06 bits per heavy atom. The molecule has 1 aromatic heterocycles. The number of aromatic amines is 1. The Hall–Kier alpha value is -0.900. The minimum Gasteiger partial charge on any atom is -0.357 e. The molecule has 1 atom stereocenters. The van der Waals surface area contributed by atoms with Crippen LogP contribution in [-0.4, -0.2) is 39.9 Å². The van der Waals surface area contributed by atoms with Crippen LogP contribution in [0, 0.1) is 5.92 Å². The second-order valence-electron chi connectivity index (χ2n) is 4.49. The van der Waals surface area contributed by atoms with Crippen LogP contribution in [0.25, 0.3) is 0 Å². The maximum atomic E-state index is 12.1. The minimum atomic E-state index is 0.135. The van der Waals surface area contributed by atoms with Crippen LogP contribution in [0.4, 0.5) is 0 Å². The highest BCUT2D eigenvalue weighted by Gasteiger charge is 2.26. The van der Waals surface area contributed by atoms with E-state index in [1.54, 1.807) is 6.20 Å². The van der Waals surface area contributed by atoms with Crippen molar-refractivity contribution in [2.45, 2.75) is 19.1 Å². The van der Waals surface area contributed by atoms with Crippen molar-refractivity contribution in [2.75, 3.05) is 18.8 Å². The molecule has 4 heteroatoms. The molecule has 16 heavy (non-hydrogen) atoms. The van der Waals surface area contributed by atoms with Crippen molar-refractivity contribution in [2.24, 2.45) is 5.92 Å². The van der Waals surface area contributed by atoms with Crippen LogP contribution < -0.4 is 0 Å². The van der Waals surface area contributed by atoms with Crippen LogP contribution in [-0.2, 0) is 0 Å². The van der Waals surface area contributed by atoms with Gasteiger partial charge in [-0.2, -0.15) is 11.8 Å². The number of rotatable bonds is 2. The molecule has 0 aliphatic carbocycles. The molecule has 1 N–H and O–H groups in total. The van der Waals surface area contributed by atoms with Gasteiger partial charge in [-0.25, -0.2) is 0 Å². The van der Waals surface area contributed by atoms with Crippen molar-refractivity contribution >= 4 is 17.7 Å². The molecule has 1 aliphatic heterocycles. The third kappa shape index (κ3) is 2.43. The number of carbonyl (C=O) groups excluding carboxylic acids is 1. The van der Waals surface area contributed by atoms with Gasteiger partial charge in [0.25, 0.3) is 5.91 Å². The zero-order chi connectivity index (χ0) is 11.5. The molecule has 0 saturated carbocycles. The first-order valence-electron chi connectivity index (χ1n) is 5.72. The van der Waals surface area contributed by atoms with Gasteiger partial charge in [0, 0.05) is 30.3 Å². The van der Waals surface area contributed by atoms with Crippen molar-refractivity contribution in [3.63, 3.8) is 0 Å². The summed E-state index contributed by atoms with van der Waals surface area (Å²) < 4.78 is 0. The first kappa shape index (κ1) is 11.6. The first-order chi connectivity index (χ1) is 7.68. The molecule has 1 aliphatic rings. The zero-order valence-corrected chi connectivity index (χ0v) is 10.6. The Labute approximate surface area is 101 Å². The van der Waals surface area contributed by atoms with Crippen LogP contribution in [0.15, 0.2) is 18.3 Å². The average Bonchev–Trinajstić information content (AvgIpc) is 2.81. The summed E-state index contributed by atoms with van der Waals surface area (Å²) in [7, 11) is 0. The molecule has 0 unspecified atom stereocenters. The van der Waals surface area contributed by atoms with Gasteiger partial charge in [-0.3, -0.25) is 4.79 Å². The molecule has 1 saturated heterocycles. The number of hydrogen-bond donors (Lipinski definition) is 1. The normalized spacial score (nSPS) is 21.4. The van der Waals surface area contributed by atoms with Crippen LogP contribution in [0.1, 0.15) is 24.3 Å². The van der Waals surface area contributed by atoms with E-state index in [1.165, 1.54) is 0 Å². The highest BCUT2D eigenvalue weighted by Crippen LogP contribution is 2.25. The fourth-order valence-electron chi connectivity index (χ4n) is 1.90. The third-order valence-electron chi connectivity index (χ3n) is 2.95. The Kier molecular flexibility index (Phi) is 3.59. The molecule has 1 aromatic rings. The summed E-state index contributed by atoms with van der Waals surface area (Å²) in [5, 5.41) is 0.577.